The van der Waals surface area contributed by atoms with Gasteiger partial charge in [0.25, 0.3) is 10.0 Å². The third-order valence-electron chi connectivity index (χ3n) is 3.50. The number of nitrogens with zero attached hydrogens (tertiary/aromatic N) is 2. The Kier molecular flexibility index (Phi) is 6.17. The van der Waals surface area contributed by atoms with Crippen molar-refractivity contribution in [3.05, 3.63) is 83.1 Å². The van der Waals surface area contributed by atoms with Gasteiger partial charge in [-0.2, -0.15) is 0 Å². The highest BCUT2D eigenvalue weighted by Gasteiger charge is 2.15. The fourth-order valence-electron chi connectivity index (χ4n) is 2.21. The Morgan fingerprint density at radius 2 is 1.71 bits per heavy atom. The summed E-state index contributed by atoms with van der Waals surface area (Å²) in [5.74, 6) is -0.344. The maximum Gasteiger partial charge on any atom is 0.264 e. The molecule has 9 heteroatoms. The van der Waals surface area contributed by atoms with Gasteiger partial charge in [0.1, 0.15) is 0 Å². The molecule has 3 rings (SSSR count). The van der Waals surface area contributed by atoms with E-state index in [0.717, 1.165) is 10.0 Å². The first-order chi connectivity index (χ1) is 13.4. The third kappa shape index (κ3) is 5.48. The summed E-state index contributed by atoms with van der Waals surface area (Å²) in [6.07, 6.45) is 5.96. The van der Waals surface area contributed by atoms with Crippen LogP contribution in [0.1, 0.15) is 5.56 Å². The first-order valence-electron chi connectivity index (χ1n) is 8.07. The highest BCUT2D eigenvalue weighted by Crippen LogP contribution is 2.17. The Bertz CT molecular complexity index is 1100. The molecule has 3 aromatic rings. The molecule has 1 aromatic heterocycles. The first kappa shape index (κ1) is 19.7. The lowest BCUT2D eigenvalue weighted by molar-refractivity contribution is -0.111. The van der Waals surface area contributed by atoms with E-state index in [9.17, 15) is 13.2 Å². The zero-order chi connectivity index (χ0) is 20.0. The lowest BCUT2D eigenvalue weighted by Crippen LogP contribution is -2.15. The van der Waals surface area contributed by atoms with Crippen LogP contribution in [-0.2, 0) is 14.8 Å². The lowest BCUT2D eigenvalue weighted by Gasteiger charge is -2.07. The van der Waals surface area contributed by atoms with Gasteiger partial charge in [0.15, 0.2) is 0 Å². The van der Waals surface area contributed by atoms with Crippen LogP contribution in [0.3, 0.4) is 0 Å². The predicted octanol–water partition coefficient (Wildman–Crippen LogP) is 3.69. The van der Waals surface area contributed by atoms with Crippen LogP contribution >= 0.6 is 15.9 Å². The van der Waals surface area contributed by atoms with Crippen LogP contribution in [0.5, 0.6) is 0 Å². The van der Waals surface area contributed by atoms with Gasteiger partial charge in [-0.05, 0) is 54.1 Å². The highest BCUT2D eigenvalue weighted by atomic mass is 79.9. The second kappa shape index (κ2) is 8.77. The van der Waals surface area contributed by atoms with E-state index >= 15 is 0 Å². The van der Waals surface area contributed by atoms with E-state index in [1.165, 1.54) is 42.7 Å². The minimum atomic E-state index is -3.82. The number of sulfonamides is 1. The molecule has 1 amide bonds. The number of hydrogen-bond donors (Lipinski definition) is 2. The average Bonchev–Trinajstić information content (AvgIpc) is 2.67. The Balaban J connectivity index is 1.64. The molecule has 1 heterocycles. The summed E-state index contributed by atoms with van der Waals surface area (Å²) in [5.41, 5.74) is 1.35. The van der Waals surface area contributed by atoms with Crippen molar-refractivity contribution in [1.82, 2.24) is 9.97 Å². The van der Waals surface area contributed by atoms with Crippen molar-refractivity contribution in [2.45, 2.75) is 4.90 Å². The van der Waals surface area contributed by atoms with Crippen molar-refractivity contribution < 1.29 is 13.2 Å². The van der Waals surface area contributed by atoms with Gasteiger partial charge in [0.05, 0.1) is 4.90 Å². The summed E-state index contributed by atoms with van der Waals surface area (Å²) in [6.45, 7) is 0. The molecule has 0 unspecified atom stereocenters. The van der Waals surface area contributed by atoms with Crippen LogP contribution in [0.4, 0.5) is 11.6 Å². The van der Waals surface area contributed by atoms with Crippen molar-refractivity contribution in [2.75, 3.05) is 10.0 Å². The monoisotopic (exact) mass is 458 g/mol. The predicted molar refractivity (Wildman–Crippen MR) is 111 cm³/mol. The quantitative estimate of drug-likeness (QED) is 0.548. The fourth-order valence-corrected chi connectivity index (χ4v) is 3.59. The second-order valence-electron chi connectivity index (χ2n) is 5.58. The van der Waals surface area contributed by atoms with Gasteiger partial charge in [-0.15, -0.1) is 0 Å². The van der Waals surface area contributed by atoms with Gasteiger partial charge in [-0.3, -0.25) is 4.79 Å². The number of nitrogens with one attached hydrogen (secondary N) is 2. The molecule has 0 aliphatic rings. The molecule has 28 heavy (non-hydrogen) atoms. The molecule has 0 spiro atoms. The van der Waals surface area contributed by atoms with Crippen molar-refractivity contribution >= 4 is 49.6 Å². The number of carbonyl (C=O) groups is 1. The summed E-state index contributed by atoms with van der Waals surface area (Å²) >= 11 is 3.37. The Morgan fingerprint density at radius 3 is 2.39 bits per heavy atom. The van der Waals surface area contributed by atoms with Gasteiger partial charge < -0.3 is 5.32 Å². The maximum absolute atomic E-state index is 12.3. The number of rotatable bonds is 6. The van der Waals surface area contributed by atoms with E-state index in [-0.39, 0.29) is 16.8 Å². The Hall–Kier alpha value is -3.04. The summed E-state index contributed by atoms with van der Waals surface area (Å²) in [6, 6.07) is 14.9. The molecule has 7 nitrogen and oxygen atoms in total. The topological polar surface area (TPSA) is 101 Å². The summed E-state index contributed by atoms with van der Waals surface area (Å²) < 4.78 is 27.9. The van der Waals surface area contributed by atoms with Crippen molar-refractivity contribution in [3.8, 4) is 0 Å². The van der Waals surface area contributed by atoms with E-state index in [1.54, 1.807) is 12.1 Å². The summed E-state index contributed by atoms with van der Waals surface area (Å²) in [4.78, 5) is 19.7. The smallest absolute Gasteiger partial charge is 0.264 e. The van der Waals surface area contributed by atoms with Crippen LogP contribution in [0.15, 0.2) is 82.4 Å². The largest absolute Gasteiger partial charge is 0.323 e. The molecule has 0 bridgehead atoms. The Labute approximate surface area is 170 Å². The molecule has 0 radical (unpaired) electrons. The molecule has 142 valence electrons. The van der Waals surface area contributed by atoms with Crippen LogP contribution in [0, 0.1) is 0 Å². The average molecular weight is 459 g/mol. The van der Waals surface area contributed by atoms with E-state index in [4.69, 9.17) is 0 Å². The molecule has 0 aliphatic carbocycles. The Morgan fingerprint density at radius 1 is 1.00 bits per heavy atom. The van der Waals surface area contributed by atoms with E-state index in [2.05, 4.69) is 35.9 Å². The normalized spacial score (nSPS) is 11.3. The van der Waals surface area contributed by atoms with E-state index in [1.807, 2.05) is 24.3 Å². The zero-order valence-electron chi connectivity index (χ0n) is 14.4. The minimum Gasteiger partial charge on any atom is -0.323 e. The molecule has 0 saturated heterocycles. The highest BCUT2D eigenvalue weighted by molar-refractivity contribution is 9.10. The van der Waals surface area contributed by atoms with Crippen LogP contribution < -0.4 is 10.0 Å². The number of halogens is 1. The number of hydrogen-bond acceptors (Lipinski definition) is 5. The molecule has 0 fully saturated rings. The van der Waals surface area contributed by atoms with Crippen LogP contribution in [0.2, 0.25) is 0 Å². The molecule has 0 aliphatic heterocycles. The second-order valence-corrected chi connectivity index (χ2v) is 8.18. The molecular weight excluding hydrogens is 444 g/mol. The van der Waals surface area contributed by atoms with E-state index in [0.29, 0.717) is 5.69 Å². The van der Waals surface area contributed by atoms with Gasteiger partial charge in [-0.1, -0.05) is 28.1 Å². The molecule has 2 aromatic carbocycles. The van der Waals surface area contributed by atoms with Gasteiger partial charge >= 0.3 is 0 Å². The SMILES string of the molecule is O=C(C=Cc1cccc(Br)c1)Nc1ccc(S(=O)(=O)Nc2ncccn2)cc1. The number of anilines is 2. The molecular formula is C19H15BrN4O3S. The van der Waals surface area contributed by atoms with Crippen molar-refractivity contribution in [2.24, 2.45) is 0 Å². The van der Waals surface area contributed by atoms with Gasteiger partial charge in [0.2, 0.25) is 11.9 Å². The zero-order valence-corrected chi connectivity index (χ0v) is 16.8. The van der Waals surface area contributed by atoms with Gasteiger partial charge in [-0.25, -0.2) is 23.1 Å². The van der Waals surface area contributed by atoms with Gasteiger partial charge in [0, 0.05) is 28.6 Å². The van der Waals surface area contributed by atoms with E-state index < -0.39 is 10.0 Å². The van der Waals surface area contributed by atoms with Crippen LogP contribution in [0.25, 0.3) is 6.08 Å². The standard InChI is InChI=1S/C19H15BrN4O3S/c20-15-4-1-3-14(13-15)5-10-18(25)23-16-6-8-17(9-7-16)28(26,27)24-19-21-11-2-12-22-19/h1-13H,(H,23,25)(H,21,22,24). The molecule has 0 saturated carbocycles. The van der Waals surface area contributed by atoms with Crippen molar-refractivity contribution in [1.29, 1.82) is 0 Å². The fraction of sp³-hybridized carbons (Fsp3) is 0. The number of amides is 1. The maximum atomic E-state index is 12.3. The van der Waals surface area contributed by atoms with Crippen LogP contribution in [-0.4, -0.2) is 24.3 Å². The number of aromatic nitrogens is 2. The van der Waals surface area contributed by atoms with Crippen molar-refractivity contribution in [3.63, 3.8) is 0 Å². The first-order valence-corrected chi connectivity index (χ1v) is 10.3. The number of benzene rings is 2. The molecule has 0 atom stereocenters. The lowest BCUT2D eigenvalue weighted by atomic mass is 10.2. The third-order valence-corrected chi connectivity index (χ3v) is 5.34. The molecule has 2 N–H and O–H groups in total. The summed E-state index contributed by atoms with van der Waals surface area (Å²) in [7, 11) is -3.82. The summed E-state index contributed by atoms with van der Waals surface area (Å²) in [5, 5.41) is 2.68. The number of carbonyl (C=O) groups excluding carboxylic acids is 1. The minimum absolute atomic E-state index is 0.0161.